The molecule has 1 aromatic heterocycles. The smallest absolute Gasteiger partial charge is 0.309 e. The van der Waals surface area contributed by atoms with Crippen molar-refractivity contribution >= 4 is 28.8 Å². The Morgan fingerprint density at radius 2 is 1.81 bits per heavy atom. The fourth-order valence-electron chi connectivity index (χ4n) is 4.32. The summed E-state index contributed by atoms with van der Waals surface area (Å²) in [6.07, 6.45) is 1.05. The molecule has 0 spiro atoms. The van der Waals surface area contributed by atoms with Crippen molar-refractivity contribution in [3.05, 3.63) is 51.7 Å². The van der Waals surface area contributed by atoms with Gasteiger partial charge in [0.2, 0.25) is 0 Å². The van der Waals surface area contributed by atoms with Crippen LogP contribution in [0.5, 0.6) is 0 Å². The minimum atomic E-state index is -0.582. The van der Waals surface area contributed by atoms with E-state index in [-0.39, 0.29) is 6.04 Å². The summed E-state index contributed by atoms with van der Waals surface area (Å²) < 4.78 is 0. The number of fused-ring (bicyclic) bond motifs is 1. The summed E-state index contributed by atoms with van der Waals surface area (Å²) in [5, 5.41) is 7.54. The van der Waals surface area contributed by atoms with Gasteiger partial charge in [-0.2, -0.15) is 0 Å². The average Bonchev–Trinajstić information content (AvgIpc) is 3.43. The molecule has 1 saturated heterocycles. The Labute approximate surface area is 188 Å². The van der Waals surface area contributed by atoms with E-state index in [2.05, 4.69) is 57.6 Å². The molecule has 2 N–H and O–H groups in total. The second-order valence-corrected chi connectivity index (χ2v) is 9.42. The molecule has 4 rings (SSSR count). The monoisotopic (exact) mass is 441 g/mol. The van der Waals surface area contributed by atoms with Crippen molar-refractivity contribution in [2.45, 2.75) is 19.0 Å². The highest BCUT2D eigenvalue weighted by atomic mass is 32.1. The van der Waals surface area contributed by atoms with Gasteiger partial charge in [0.1, 0.15) is 0 Å². The van der Waals surface area contributed by atoms with Crippen molar-refractivity contribution < 1.29 is 9.59 Å². The molecule has 2 aliphatic rings. The topological polar surface area (TPSA) is 67.9 Å². The molecule has 31 heavy (non-hydrogen) atoms. The summed E-state index contributed by atoms with van der Waals surface area (Å²) in [5.74, 6) is -1.15. The van der Waals surface area contributed by atoms with E-state index in [0.717, 1.165) is 44.0 Å². The van der Waals surface area contributed by atoms with Gasteiger partial charge < -0.3 is 20.4 Å². The van der Waals surface area contributed by atoms with Gasteiger partial charge in [-0.05, 0) is 42.1 Å². The van der Waals surface area contributed by atoms with Crippen molar-refractivity contribution in [1.82, 2.24) is 20.4 Å². The predicted molar refractivity (Wildman–Crippen MR) is 124 cm³/mol. The summed E-state index contributed by atoms with van der Waals surface area (Å²) in [6, 6.07) is 10.6. The normalized spacial score (nSPS) is 17.9. The minimum absolute atomic E-state index is 0.0546. The number of hydrogen-bond acceptors (Lipinski definition) is 6. The van der Waals surface area contributed by atoms with E-state index < -0.39 is 11.8 Å². The molecule has 2 aromatic rings. The number of hydrogen-bond donors (Lipinski definition) is 2. The Morgan fingerprint density at radius 3 is 2.55 bits per heavy atom. The van der Waals surface area contributed by atoms with Crippen LogP contribution in [0.4, 0.5) is 5.69 Å². The number of thiophene rings is 1. The van der Waals surface area contributed by atoms with Gasteiger partial charge in [-0.15, -0.1) is 11.3 Å². The first-order valence-electron chi connectivity index (χ1n) is 10.9. The average molecular weight is 442 g/mol. The van der Waals surface area contributed by atoms with Crippen molar-refractivity contribution in [3.8, 4) is 0 Å². The van der Waals surface area contributed by atoms with E-state index in [0.29, 0.717) is 13.1 Å². The van der Waals surface area contributed by atoms with E-state index in [1.165, 1.54) is 16.8 Å². The molecule has 8 heteroatoms. The number of piperazine rings is 1. The molecule has 0 bridgehead atoms. The summed E-state index contributed by atoms with van der Waals surface area (Å²) in [6.45, 7) is 5.73. The first-order valence-corrected chi connectivity index (χ1v) is 11.7. The summed E-state index contributed by atoms with van der Waals surface area (Å²) in [5.41, 5.74) is 3.86. The fraction of sp³-hybridized carbons (Fsp3) is 0.478. The van der Waals surface area contributed by atoms with Crippen LogP contribution in [0.25, 0.3) is 0 Å². The van der Waals surface area contributed by atoms with Gasteiger partial charge in [0.15, 0.2) is 0 Å². The zero-order valence-corrected chi connectivity index (χ0v) is 19.1. The Balaban J connectivity index is 1.42. The summed E-state index contributed by atoms with van der Waals surface area (Å²) in [4.78, 5) is 32.8. The van der Waals surface area contributed by atoms with E-state index in [1.54, 1.807) is 11.3 Å². The van der Waals surface area contributed by atoms with Crippen LogP contribution in [0.1, 0.15) is 22.0 Å². The summed E-state index contributed by atoms with van der Waals surface area (Å²) in [7, 11) is 4.26. The SMILES string of the molecule is CN1CCN(C(CNC(=O)C(=O)NCc2cccs2)c2ccc3c(c2)CCN3C)CC1. The van der Waals surface area contributed by atoms with Gasteiger partial charge in [-0.1, -0.05) is 18.2 Å². The molecule has 0 radical (unpaired) electrons. The van der Waals surface area contributed by atoms with Gasteiger partial charge in [-0.25, -0.2) is 0 Å². The molecule has 166 valence electrons. The molecule has 1 fully saturated rings. The summed E-state index contributed by atoms with van der Waals surface area (Å²) >= 11 is 1.56. The van der Waals surface area contributed by atoms with Crippen LogP contribution in [0.2, 0.25) is 0 Å². The van der Waals surface area contributed by atoms with Crippen molar-refractivity contribution in [1.29, 1.82) is 0 Å². The molecule has 2 amide bonds. The number of amides is 2. The second-order valence-electron chi connectivity index (χ2n) is 8.39. The Morgan fingerprint density at radius 1 is 1.03 bits per heavy atom. The van der Waals surface area contributed by atoms with Crippen LogP contribution in [0.3, 0.4) is 0 Å². The number of benzene rings is 1. The molecular formula is C23H31N5O2S. The molecule has 3 heterocycles. The first kappa shape index (κ1) is 21.8. The highest BCUT2D eigenvalue weighted by Crippen LogP contribution is 2.31. The number of anilines is 1. The maximum atomic E-state index is 12.5. The Kier molecular flexibility index (Phi) is 6.89. The van der Waals surface area contributed by atoms with E-state index >= 15 is 0 Å². The first-order chi connectivity index (χ1) is 15.0. The molecule has 0 aliphatic carbocycles. The highest BCUT2D eigenvalue weighted by Gasteiger charge is 2.27. The van der Waals surface area contributed by atoms with Crippen LogP contribution < -0.4 is 15.5 Å². The fourth-order valence-corrected chi connectivity index (χ4v) is 4.96. The van der Waals surface area contributed by atoms with Gasteiger partial charge in [-0.3, -0.25) is 14.5 Å². The Bertz CT molecular complexity index is 909. The molecule has 1 aromatic carbocycles. The lowest BCUT2D eigenvalue weighted by molar-refractivity contribution is -0.139. The lowest BCUT2D eigenvalue weighted by Gasteiger charge is -2.38. The molecule has 1 atom stereocenters. The third kappa shape index (κ3) is 5.26. The molecular weight excluding hydrogens is 410 g/mol. The number of carbonyl (C=O) groups excluding carboxylic acids is 2. The standard InChI is InChI=1S/C23H31N5O2S/c1-26-9-11-28(12-10-26)21(17-5-6-20-18(14-17)7-8-27(20)2)16-25-23(30)22(29)24-15-19-4-3-13-31-19/h3-6,13-14,21H,7-12,15-16H2,1-2H3,(H,24,29)(H,25,30). The highest BCUT2D eigenvalue weighted by molar-refractivity contribution is 7.09. The predicted octanol–water partition coefficient (Wildman–Crippen LogP) is 1.46. The maximum Gasteiger partial charge on any atom is 0.309 e. The van der Waals surface area contributed by atoms with Crippen LogP contribution in [0.15, 0.2) is 35.7 Å². The van der Waals surface area contributed by atoms with Crippen LogP contribution in [-0.2, 0) is 22.6 Å². The third-order valence-corrected chi connectivity index (χ3v) is 7.14. The van der Waals surface area contributed by atoms with E-state index in [1.807, 2.05) is 17.5 Å². The van der Waals surface area contributed by atoms with E-state index in [9.17, 15) is 9.59 Å². The van der Waals surface area contributed by atoms with Gasteiger partial charge in [0.25, 0.3) is 0 Å². The Hall–Kier alpha value is -2.42. The van der Waals surface area contributed by atoms with Crippen molar-refractivity contribution in [2.24, 2.45) is 0 Å². The van der Waals surface area contributed by atoms with Gasteiger partial charge in [0, 0.05) is 56.9 Å². The van der Waals surface area contributed by atoms with Crippen LogP contribution in [0, 0.1) is 0 Å². The third-order valence-electron chi connectivity index (χ3n) is 6.26. The number of nitrogens with zero attached hydrogens (tertiary/aromatic N) is 3. The molecule has 1 unspecified atom stereocenters. The molecule has 7 nitrogen and oxygen atoms in total. The number of rotatable bonds is 6. The number of likely N-dealkylation sites (N-methyl/N-ethyl adjacent to an activating group) is 2. The minimum Gasteiger partial charge on any atom is -0.374 e. The van der Waals surface area contributed by atoms with Crippen LogP contribution in [-0.4, -0.2) is 75.0 Å². The maximum absolute atomic E-state index is 12.5. The van der Waals surface area contributed by atoms with E-state index in [4.69, 9.17) is 0 Å². The largest absolute Gasteiger partial charge is 0.374 e. The van der Waals surface area contributed by atoms with Crippen molar-refractivity contribution in [3.63, 3.8) is 0 Å². The molecule has 2 aliphatic heterocycles. The lowest BCUT2D eigenvalue weighted by atomic mass is 10.00. The zero-order chi connectivity index (χ0) is 21.8. The quantitative estimate of drug-likeness (QED) is 0.665. The number of carbonyl (C=O) groups is 2. The van der Waals surface area contributed by atoms with Crippen LogP contribution >= 0.6 is 11.3 Å². The zero-order valence-electron chi connectivity index (χ0n) is 18.3. The number of nitrogens with one attached hydrogen (secondary N) is 2. The molecule has 0 saturated carbocycles. The van der Waals surface area contributed by atoms with Gasteiger partial charge >= 0.3 is 11.8 Å². The van der Waals surface area contributed by atoms with Gasteiger partial charge in [0.05, 0.1) is 12.6 Å². The lowest BCUT2D eigenvalue weighted by Crippen LogP contribution is -2.49. The van der Waals surface area contributed by atoms with Crippen molar-refractivity contribution in [2.75, 3.05) is 58.3 Å². The second kappa shape index (κ2) is 9.80.